The highest BCUT2D eigenvalue weighted by Crippen LogP contribution is 2.33. The highest BCUT2D eigenvalue weighted by Gasteiger charge is 2.31. The zero-order chi connectivity index (χ0) is 19.0. The Morgan fingerprint density at radius 3 is 2.70 bits per heavy atom. The van der Waals surface area contributed by atoms with Crippen LogP contribution < -0.4 is 14.8 Å². The molecule has 2 aliphatic rings. The summed E-state index contributed by atoms with van der Waals surface area (Å²) in [6, 6.07) is 5.43. The fourth-order valence-electron chi connectivity index (χ4n) is 3.68. The second kappa shape index (κ2) is 7.10. The number of Topliss-reactive ketones (excluding diaryl/α,β-unsaturated/α-hetero) is 1. The van der Waals surface area contributed by atoms with E-state index in [0.717, 1.165) is 24.2 Å². The fourth-order valence-corrected chi connectivity index (χ4v) is 3.68. The summed E-state index contributed by atoms with van der Waals surface area (Å²) in [5.74, 6) is 2.25. The lowest BCUT2D eigenvalue weighted by molar-refractivity contribution is 0.0918. The van der Waals surface area contributed by atoms with Gasteiger partial charge in [0.25, 0.3) is 5.91 Å². The van der Waals surface area contributed by atoms with Gasteiger partial charge in [-0.15, -0.1) is 0 Å². The van der Waals surface area contributed by atoms with Crippen molar-refractivity contribution in [2.24, 2.45) is 0 Å². The van der Waals surface area contributed by atoms with Gasteiger partial charge in [-0.2, -0.15) is 0 Å². The molecule has 27 heavy (non-hydrogen) atoms. The van der Waals surface area contributed by atoms with Crippen LogP contribution in [0.15, 0.2) is 22.6 Å². The highest BCUT2D eigenvalue weighted by atomic mass is 16.5. The van der Waals surface area contributed by atoms with E-state index in [2.05, 4.69) is 5.32 Å². The molecule has 1 aliphatic heterocycles. The molecule has 1 atom stereocenters. The van der Waals surface area contributed by atoms with Crippen molar-refractivity contribution in [2.75, 3.05) is 13.2 Å². The SMILES string of the molecule is Cc1oc2c(c1C(=O)N[C@@H](C)c1ccc3c(c1)OCCCO3)C(=O)CCC2. The first-order chi connectivity index (χ1) is 13.0. The van der Waals surface area contributed by atoms with Crippen LogP contribution in [0.5, 0.6) is 11.5 Å². The summed E-state index contributed by atoms with van der Waals surface area (Å²) in [4.78, 5) is 25.2. The number of fused-ring (bicyclic) bond motifs is 2. The molecule has 2 heterocycles. The lowest BCUT2D eigenvalue weighted by Crippen LogP contribution is -2.28. The summed E-state index contributed by atoms with van der Waals surface area (Å²) in [6.45, 7) is 4.89. The average Bonchev–Trinajstić information content (AvgIpc) is 2.83. The maximum atomic E-state index is 12.9. The number of nitrogens with one attached hydrogen (secondary N) is 1. The number of rotatable bonds is 3. The van der Waals surface area contributed by atoms with Crippen LogP contribution in [-0.2, 0) is 6.42 Å². The molecule has 0 saturated carbocycles. The van der Waals surface area contributed by atoms with Crippen LogP contribution >= 0.6 is 0 Å². The van der Waals surface area contributed by atoms with Crippen molar-refractivity contribution >= 4 is 11.7 Å². The topological polar surface area (TPSA) is 77.8 Å². The molecule has 2 aromatic rings. The predicted molar refractivity (Wildman–Crippen MR) is 98.6 cm³/mol. The zero-order valence-corrected chi connectivity index (χ0v) is 15.6. The minimum absolute atomic E-state index is 0.0125. The Morgan fingerprint density at radius 1 is 1.11 bits per heavy atom. The van der Waals surface area contributed by atoms with Gasteiger partial charge in [-0.3, -0.25) is 9.59 Å². The number of hydrogen-bond donors (Lipinski definition) is 1. The average molecular weight is 369 g/mol. The van der Waals surface area contributed by atoms with Crippen LogP contribution in [0.2, 0.25) is 0 Å². The Bertz CT molecular complexity index is 898. The Labute approximate surface area is 157 Å². The van der Waals surface area contributed by atoms with Gasteiger partial charge in [0.2, 0.25) is 0 Å². The number of amides is 1. The summed E-state index contributed by atoms with van der Waals surface area (Å²) in [5, 5.41) is 2.98. The zero-order valence-electron chi connectivity index (χ0n) is 15.6. The van der Waals surface area contributed by atoms with E-state index >= 15 is 0 Å². The fraction of sp³-hybridized carbons (Fsp3) is 0.429. The molecule has 1 aromatic carbocycles. The standard InChI is InChI=1S/C21H23NO5/c1-12(14-7-8-16-18(11-14)26-10-4-9-25-16)22-21(24)19-13(2)27-17-6-3-5-15(23)20(17)19/h7-8,11-12H,3-6,9-10H2,1-2H3,(H,22,24)/t12-/m0/s1. The van der Waals surface area contributed by atoms with E-state index in [-0.39, 0.29) is 17.7 Å². The minimum Gasteiger partial charge on any atom is -0.490 e. The Morgan fingerprint density at radius 2 is 1.89 bits per heavy atom. The van der Waals surface area contributed by atoms with Gasteiger partial charge in [0.1, 0.15) is 11.5 Å². The van der Waals surface area contributed by atoms with Gasteiger partial charge < -0.3 is 19.2 Å². The first-order valence-corrected chi connectivity index (χ1v) is 9.40. The minimum atomic E-state index is -0.285. The Balaban J connectivity index is 1.56. The molecule has 0 spiro atoms. The molecule has 142 valence electrons. The van der Waals surface area contributed by atoms with Crippen molar-refractivity contribution < 1.29 is 23.5 Å². The number of benzene rings is 1. The largest absolute Gasteiger partial charge is 0.490 e. The van der Waals surface area contributed by atoms with E-state index in [9.17, 15) is 9.59 Å². The second-order valence-corrected chi connectivity index (χ2v) is 7.06. The Kier molecular flexibility index (Phi) is 4.64. The normalized spacial score (nSPS) is 17.0. The van der Waals surface area contributed by atoms with E-state index in [0.29, 0.717) is 54.5 Å². The third-order valence-corrected chi connectivity index (χ3v) is 5.09. The summed E-state index contributed by atoms with van der Waals surface area (Å²) < 4.78 is 17.1. The molecule has 1 aliphatic carbocycles. The number of carbonyl (C=O) groups is 2. The van der Waals surface area contributed by atoms with Gasteiger partial charge in [-0.05, 0) is 38.0 Å². The summed E-state index contributed by atoms with van der Waals surface area (Å²) in [6.07, 6.45) is 2.78. The third kappa shape index (κ3) is 3.31. The van der Waals surface area contributed by atoms with E-state index in [4.69, 9.17) is 13.9 Å². The molecule has 6 heteroatoms. The number of hydrogen-bond acceptors (Lipinski definition) is 5. The maximum absolute atomic E-state index is 12.9. The van der Waals surface area contributed by atoms with E-state index in [1.807, 2.05) is 25.1 Å². The van der Waals surface area contributed by atoms with Gasteiger partial charge in [0.15, 0.2) is 17.3 Å². The second-order valence-electron chi connectivity index (χ2n) is 7.06. The monoisotopic (exact) mass is 369 g/mol. The number of ketones is 1. The number of carbonyl (C=O) groups excluding carboxylic acids is 2. The van der Waals surface area contributed by atoms with Gasteiger partial charge in [-0.1, -0.05) is 6.07 Å². The number of ether oxygens (including phenoxy) is 2. The molecule has 0 bridgehead atoms. The van der Waals surface area contributed by atoms with Crippen LogP contribution in [0.25, 0.3) is 0 Å². The Hall–Kier alpha value is -2.76. The smallest absolute Gasteiger partial charge is 0.256 e. The van der Waals surface area contributed by atoms with Crippen molar-refractivity contribution in [3.8, 4) is 11.5 Å². The summed E-state index contributed by atoms with van der Waals surface area (Å²) in [5.41, 5.74) is 1.74. The molecule has 0 unspecified atom stereocenters. The van der Waals surface area contributed by atoms with Crippen LogP contribution in [0.1, 0.15) is 70.0 Å². The van der Waals surface area contributed by atoms with Crippen LogP contribution in [0, 0.1) is 6.92 Å². The van der Waals surface area contributed by atoms with E-state index in [1.165, 1.54) is 0 Å². The molecule has 6 nitrogen and oxygen atoms in total. The third-order valence-electron chi connectivity index (χ3n) is 5.09. The predicted octanol–water partition coefficient (Wildman–Crippen LogP) is 3.76. The molecular formula is C21H23NO5. The lowest BCUT2D eigenvalue weighted by Gasteiger charge is -2.17. The van der Waals surface area contributed by atoms with Crippen molar-refractivity contribution in [3.63, 3.8) is 0 Å². The van der Waals surface area contributed by atoms with Crippen LogP contribution in [0.3, 0.4) is 0 Å². The van der Waals surface area contributed by atoms with Gasteiger partial charge in [0.05, 0.1) is 30.4 Å². The molecule has 4 rings (SSSR count). The lowest BCUT2D eigenvalue weighted by atomic mass is 9.93. The van der Waals surface area contributed by atoms with Crippen LogP contribution in [-0.4, -0.2) is 24.9 Å². The van der Waals surface area contributed by atoms with Crippen LogP contribution in [0.4, 0.5) is 0 Å². The van der Waals surface area contributed by atoms with E-state index < -0.39 is 0 Å². The molecule has 0 radical (unpaired) electrons. The molecular weight excluding hydrogens is 346 g/mol. The number of aryl methyl sites for hydroxylation is 2. The van der Waals surface area contributed by atoms with Crippen molar-refractivity contribution in [2.45, 2.75) is 45.6 Å². The first kappa shape index (κ1) is 17.6. The maximum Gasteiger partial charge on any atom is 0.256 e. The van der Waals surface area contributed by atoms with Crippen molar-refractivity contribution in [3.05, 3.63) is 46.4 Å². The van der Waals surface area contributed by atoms with E-state index in [1.54, 1.807) is 6.92 Å². The molecule has 1 aromatic heterocycles. The molecule has 1 N–H and O–H groups in total. The summed E-state index contributed by atoms with van der Waals surface area (Å²) in [7, 11) is 0. The van der Waals surface area contributed by atoms with Gasteiger partial charge in [-0.25, -0.2) is 0 Å². The summed E-state index contributed by atoms with van der Waals surface area (Å²) >= 11 is 0. The quantitative estimate of drug-likeness (QED) is 0.891. The molecule has 0 saturated heterocycles. The molecule has 0 fully saturated rings. The number of furan rings is 1. The van der Waals surface area contributed by atoms with Gasteiger partial charge in [0, 0.05) is 19.3 Å². The molecule has 1 amide bonds. The van der Waals surface area contributed by atoms with Gasteiger partial charge >= 0.3 is 0 Å². The van der Waals surface area contributed by atoms with Crippen molar-refractivity contribution in [1.29, 1.82) is 0 Å². The first-order valence-electron chi connectivity index (χ1n) is 9.40. The highest BCUT2D eigenvalue weighted by molar-refractivity contribution is 6.10. The van der Waals surface area contributed by atoms with Crippen molar-refractivity contribution in [1.82, 2.24) is 5.32 Å².